The minimum absolute atomic E-state index is 0.00334. The van der Waals surface area contributed by atoms with E-state index in [4.69, 9.17) is 23.7 Å². The normalized spacial score (nSPS) is 19.6. The van der Waals surface area contributed by atoms with Gasteiger partial charge in [-0.1, -0.05) is 18.7 Å². The highest BCUT2D eigenvalue weighted by Gasteiger charge is 2.58. The minimum atomic E-state index is -1.75. The van der Waals surface area contributed by atoms with E-state index in [-0.39, 0.29) is 86.1 Å². The first-order chi connectivity index (χ1) is 26.6. The number of carbonyl (C=O) groups excluding carboxylic acids is 7. The third-order valence-electron chi connectivity index (χ3n) is 9.10. The second-order valence-electron chi connectivity index (χ2n) is 13.4. The molecule has 56 heavy (non-hydrogen) atoms. The number of amides is 2. The van der Waals surface area contributed by atoms with Crippen molar-refractivity contribution in [1.29, 1.82) is 0 Å². The molecule has 1 aromatic rings. The van der Waals surface area contributed by atoms with Crippen molar-refractivity contribution < 1.29 is 57.2 Å². The summed E-state index contributed by atoms with van der Waals surface area (Å²) >= 11 is 2.99. The van der Waals surface area contributed by atoms with Gasteiger partial charge in [0.05, 0.1) is 61.3 Å². The van der Waals surface area contributed by atoms with E-state index in [1.54, 1.807) is 59.7 Å². The molecule has 2 atom stereocenters. The number of hydrogen-bond donors (Lipinski definition) is 0. The number of likely N-dealkylation sites (tertiary alicyclic amines) is 1. The van der Waals surface area contributed by atoms with Crippen molar-refractivity contribution in [1.82, 2.24) is 4.90 Å². The Balaban J connectivity index is 2.11. The van der Waals surface area contributed by atoms with Crippen LogP contribution in [0.15, 0.2) is 33.6 Å². The van der Waals surface area contributed by atoms with E-state index in [9.17, 15) is 33.6 Å². The predicted octanol–water partition coefficient (Wildman–Crippen LogP) is 4.96. The molecule has 2 unspecified atom stereocenters. The molecule has 0 aromatic heterocycles. The maximum absolute atomic E-state index is 14.6. The number of benzene rings is 1. The van der Waals surface area contributed by atoms with Gasteiger partial charge < -0.3 is 33.5 Å². The lowest BCUT2D eigenvalue weighted by Gasteiger charge is -2.52. The van der Waals surface area contributed by atoms with Gasteiger partial charge >= 0.3 is 17.9 Å². The molecule has 306 valence electrons. The number of fused-ring (bicyclic) bond motifs is 2. The average Bonchev–Trinajstić information content (AvgIpc) is 3.16. The van der Waals surface area contributed by atoms with Crippen molar-refractivity contribution in [2.75, 3.05) is 63.9 Å². The number of anilines is 1. The summed E-state index contributed by atoms with van der Waals surface area (Å²) in [5, 5.41) is -0.884. The molecular weight excluding hydrogens is 785 g/mol. The van der Waals surface area contributed by atoms with Crippen LogP contribution in [0.5, 0.6) is 5.75 Å². The van der Waals surface area contributed by atoms with Crippen LogP contribution in [-0.4, -0.2) is 120 Å². The standard InChI is InChI=1S/C39H50N2O12S3/c1-9-17-53-31(46)22-54-39(56-23(5)28(43)21-50-10-2)32-26-18-25(49-8)14-15-27(26)41(30(45)20-40-19-24(42)13-16-29(40)44)38(6,7)35(32)55-34(37(48)52-12-4)33(39)36(47)51-11-3/h14-15,18,23H,9-13,16-17,19-22H2,1-8H3. The number of esters is 3. The van der Waals surface area contributed by atoms with Crippen molar-refractivity contribution >= 4 is 87.8 Å². The predicted molar refractivity (Wildman–Crippen MR) is 215 cm³/mol. The summed E-state index contributed by atoms with van der Waals surface area (Å²) < 4.78 is 26.1. The first-order valence-electron chi connectivity index (χ1n) is 18.5. The fourth-order valence-electron chi connectivity index (χ4n) is 6.53. The van der Waals surface area contributed by atoms with Crippen LogP contribution in [0.25, 0.3) is 5.57 Å². The number of piperidine rings is 1. The number of ether oxygens (including phenoxy) is 5. The molecule has 0 bridgehead atoms. The SMILES string of the molecule is CCCOC(=O)CSC1(SC(C)C(=O)COCC)C(C(=O)OCC)=C(C(=O)OCC)SC2=C1c1cc(OC)ccc1N(C(=O)CN1CC(=O)CCC1=O)C2(C)C. The Morgan fingerprint density at radius 1 is 0.946 bits per heavy atom. The lowest BCUT2D eigenvalue weighted by atomic mass is 9.83. The van der Waals surface area contributed by atoms with Crippen LogP contribution in [0, 0.1) is 0 Å². The Morgan fingerprint density at radius 2 is 1.64 bits per heavy atom. The van der Waals surface area contributed by atoms with Gasteiger partial charge in [-0.05, 0) is 66.2 Å². The van der Waals surface area contributed by atoms with Gasteiger partial charge in [0.25, 0.3) is 0 Å². The molecule has 0 N–H and O–H groups in total. The molecule has 4 rings (SSSR count). The maximum Gasteiger partial charge on any atom is 0.345 e. The Bertz CT molecular complexity index is 1810. The summed E-state index contributed by atoms with van der Waals surface area (Å²) in [7, 11) is 1.47. The van der Waals surface area contributed by atoms with E-state index < -0.39 is 45.2 Å². The highest BCUT2D eigenvalue weighted by molar-refractivity contribution is 8.20. The van der Waals surface area contributed by atoms with Crippen LogP contribution in [0.4, 0.5) is 5.69 Å². The van der Waals surface area contributed by atoms with Gasteiger partial charge in [-0.3, -0.25) is 24.0 Å². The highest BCUT2D eigenvalue weighted by atomic mass is 32.2. The van der Waals surface area contributed by atoms with E-state index in [0.717, 1.165) is 35.3 Å². The number of ketones is 2. The molecule has 1 saturated heterocycles. The van der Waals surface area contributed by atoms with E-state index >= 15 is 0 Å². The third-order valence-corrected chi connectivity index (χ3v) is 13.8. The lowest BCUT2D eigenvalue weighted by molar-refractivity contribution is -0.142. The number of Topliss-reactive ketones (excluding diaryl/α,β-unsaturated/α-hetero) is 2. The molecule has 3 heterocycles. The fraction of sp³-hybridized carbons (Fsp3) is 0.564. The molecule has 0 radical (unpaired) electrons. The summed E-state index contributed by atoms with van der Waals surface area (Å²) in [5.41, 5.74) is -0.256. The van der Waals surface area contributed by atoms with Crippen LogP contribution in [0.1, 0.15) is 73.3 Å². The first kappa shape index (κ1) is 44.9. The second kappa shape index (κ2) is 19.6. The van der Waals surface area contributed by atoms with Crippen molar-refractivity contribution in [3.8, 4) is 5.75 Å². The Labute approximate surface area is 340 Å². The van der Waals surface area contributed by atoms with Gasteiger partial charge in [-0.15, -0.1) is 23.5 Å². The lowest BCUT2D eigenvalue weighted by Crippen LogP contribution is -2.57. The number of nitrogens with zero attached hydrogens (tertiary/aromatic N) is 2. The van der Waals surface area contributed by atoms with Gasteiger partial charge in [0, 0.05) is 35.5 Å². The van der Waals surface area contributed by atoms with Gasteiger partial charge in [-0.25, -0.2) is 9.59 Å². The number of carbonyl (C=O) groups is 7. The van der Waals surface area contributed by atoms with Crippen LogP contribution >= 0.6 is 35.3 Å². The van der Waals surface area contributed by atoms with Crippen LogP contribution in [-0.2, 0) is 52.5 Å². The Hall–Kier alpha value is -3.80. The molecular formula is C39H50N2O12S3. The Kier molecular flexibility index (Phi) is 15.7. The third kappa shape index (κ3) is 9.48. The molecule has 1 fully saturated rings. The zero-order valence-corrected chi connectivity index (χ0v) is 35.6. The Morgan fingerprint density at radius 3 is 2.29 bits per heavy atom. The quantitative estimate of drug-likeness (QED) is 0.110. The summed E-state index contributed by atoms with van der Waals surface area (Å²) in [6.45, 7) is 11.5. The summed E-state index contributed by atoms with van der Waals surface area (Å²) in [5.74, 6) is -3.54. The van der Waals surface area contributed by atoms with Crippen molar-refractivity contribution in [3.05, 3.63) is 39.1 Å². The van der Waals surface area contributed by atoms with E-state index in [0.29, 0.717) is 33.9 Å². The summed E-state index contributed by atoms with van der Waals surface area (Å²) in [4.78, 5) is 98.6. The van der Waals surface area contributed by atoms with Crippen LogP contribution < -0.4 is 9.64 Å². The molecule has 3 aliphatic rings. The van der Waals surface area contributed by atoms with Crippen molar-refractivity contribution in [2.24, 2.45) is 0 Å². The van der Waals surface area contributed by atoms with E-state index in [1.807, 2.05) is 6.92 Å². The second-order valence-corrected chi connectivity index (χ2v) is 17.4. The molecule has 0 aliphatic carbocycles. The van der Waals surface area contributed by atoms with Gasteiger partial charge in [0.15, 0.2) is 11.6 Å². The zero-order valence-electron chi connectivity index (χ0n) is 33.1. The van der Waals surface area contributed by atoms with E-state index in [1.165, 1.54) is 16.9 Å². The number of methoxy groups -OCH3 is 1. The summed E-state index contributed by atoms with van der Waals surface area (Å²) in [6.07, 6.45) is 0.667. The van der Waals surface area contributed by atoms with Crippen molar-refractivity contribution in [3.63, 3.8) is 0 Å². The molecule has 17 heteroatoms. The molecule has 14 nitrogen and oxygen atoms in total. The average molecular weight is 835 g/mol. The molecule has 0 spiro atoms. The smallest absolute Gasteiger partial charge is 0.345 e. The number of hydrogen-bond acceptors (Lipinski definition) is 15. The topological polar surface area (TPSA) is 172 Å². The zero-order chi connectivity index (χ0) is 41.4. The highest BCUT2D eigenvalue weighted by Crippen LogP contribution is 2.66. The monoisotopic (exact) mass is 834 g/mol. The van der Waals surface area contributed by atoms with Crippen LogP contribution in [0.2, 0.25) is 0 Å². The number of thioether (sulfide) groups is 3. The maximum atomic E-state index is 14.6. The largest absolute Gasteiger partial charge is 0.497 e. The molecule has 1 aromatic carbocycles. The molecule has 0 saturated carbocycles. The molecule has 3 aliphatic heterocycles. The summed E-state index contributed by atoms with van der Waals surface area (Å²) in [6, 6.07) is 5.03. The van der Waals surface area contributed by atoms with Gasteiger partial charge in [0.2, 0.25) is 11.8 Å². The van der Waals surface area contributed by atoms with Crippen molar-refractivity contribution in [2.45, 2.75) is 82.6 Å². The number of rotatable bonds is 18. The first-order valence-corrected chi connectivity index (χ1v) is 21.2. The molecule has 2 amide bonds. The van der Waals surface area contributed by atoms with E-state index in [2.05, 4.69) is 0 Å². The fourth-order valence-corrected chi connectivity index (χ4v) is 11.5. The minimum Gasteiger partial charge on any atom is -0.497 e. The van der Waals surface area contributed by atoms with Crippen LogP contribution in [0.3, 0.4) is 0 Å². The van der Waals surface area contributed by atoms with Gasteiger partial charge in [0.1, 0.15) is 27.9 Å². The van der Waals surface area contributed by atoms with Gasteiger partial charge in [-0.2, -0.15) is 0 Å².